The molecule has 1 aliphatic heterocycles. The molecule has 5 rings (SSSR count). The average Bonchev–Trinajstić information content (AvgIpc) is 3.14. The Labute approximate surface area is 224 Å². The second-order valence-electron chi connectivity index (χ2n) is 10.1. The predicted molar refractivity (Wildman–Crippen MR) is 140 cm³/mol. The van der Waals surface area contributed by atoms with Gasteiger partial charge in [-0.3, -0.25) is 4.98 Å². The van der Waals surface area contributed by atoms with Crippen molar-refractivity contribution in [3.05, 3.63) is 77.2 Å². The van der Waals surface area contributed by atoms with Crippen LogP contribution in [0.4, 0.5) is 18.9 Å². The van der Waals surface area contributed by atoms with Crippen molar-refractivity contribution in [1.29, 1.82) is 0 Å². The summed E-state index contributed by atoms with van der Waals surface area (Å²) in [7, 11) is -2.01. The third kappa shape index (κ3) is 5.01. The molecular weight excluding hydrogens is 533 g/mol. The lowest BCUT2D eigenvalue weighted by atomic mass is 9.87. The van der Waals surface area contributed by atoms with Gasteiger partial charge in [-0.15, -0.1) is 8.78 Å². The van der Waals surface area contributed by atoms with Crippen LogP contribution < -0.4 is 14.2 Å². The molecule has 0 saturated carbocycles. The third-order valence-corrected chi connectivity index (χ3v) is 7.31. The highest BCUT2D eigenvalue weighted by molar-refractivity contribution is 7.86. The first kappa shape index (κ1) is 26.5. The van der Waals surface area contributed by atoms with Gasteiger partial charge in [0.25, 0.3) is 0 Å². The minimum atomic E-state index is -3.91. The van der Waals surface area contributed by atoms with Crippen LogP contribution in [0.2, 0.25) is 0 Å². The molecule has 1 atom stereocenters. The van der Waals surface area contributed by atoms with Crippen molar-refractivity contribution in [2.45, 2.75) is 44.3 Å². The van der Waals surface area contributed by atoms with Crippen molar-refractivity contribution in [2.75, 3.05) is 4.72 Å². The molecule has 0 saturated heterocycles. The summed E-state index contributed by atoms with van der Waals surface area (Å²) < 4.78 is 68.0. The molecule has 0 radical (unpaired) electrons. The fraction of sp³-hybridized carbons (Fsp3) is 0.214. The Morgan fingerprint density at radius 3 is 2.33 bits per heavy atom. The number of halogens is 3. The largest absolute Gasteiger partial charge is 0.586 e. The summed E-state index contributed by atoms with van der Waals surface area (Å²) in [6.07, 6.45) is -3.91. The molecule has 0 fully saturated rings. The number of aryl methyl sites for hydroxylation is 1. The summed E-state index contributed by atoms with van der Waals surface area (Å²) >= 11 is 0. The Kier molecular flexibility index (Phi) is 6.29. The summed E-state index contributed by atoms with van der Waals surface area (Å²) in [5.74, 6) is -2.27. The summed E-state index contributed by atoms with van der Waals surface area (Å²) in [5.41, 5.74) is 1.49. The second kappa shape index (κ2) is 9.26. The van der Waals surface area contributed by atoms with Crippen LogP contribution in [0.25, 0.3) is 22.0 Å². The fourth-order valence-electron chi connectivity index (χ4n) is 4.40. The van der Waals surface area contributed by atoms with Gasteiger partial charge in [-0.1, -0.05) is 39.0 Å². The lowest BCUT2D eigenvalue weighted by molar-refractivity contribution is -0.286. The van der Waals surface area contributed by atoms with E-state index in [1.54, 1.807) is 25.1 Å². The van der Waals surface area contributed by atoms with E-state index in [2.05, 4.69) is 19.2 Å². The van der Waals surface area contributed by atoms with Gasteiger partial charge >= 0.3 is 12.3 Å². The van der Waals surface area contributed by atoms with Crippen molar-refractivity contribution in [3.63, 3.8) is 0 Å². The number of pyridine rings is 1. The topological polar surface area (TPSA) is 97.8 Å². The van der Waals surface area contributed by atoms with E-state index < -0.39 is 34.5 Å². The third-order valence-electron chi connectivity index (χ3n) is 6.22. The number of benzene rings is 3. The molecule has 1 unspecified atom stereocenters. The zero-order valence-corrected chi connectivity index (χ0v) is 22.1. The minimum Gasteiger partial charge on any atom is -0.478 e. The number of carboxylic acid groups (broad SMARTS) is 1. The Morgan fingerprint density at radius 1 is 1.00 bits per heavy atom. The van der Waals surface area contributed by atoms with Gasteiger partial charge in [-0.2, -0.15) is 0 Å². The van der Waals surface area contributed by atoms with E-state index in [-0.39, 0.29) is 38.7 Å². The molecular formula is C28H23F3N2O5S. The number of carboxylic acids is 1. The lowest BCUT2D eigenvalue weighted by Gasteiger charge is -2.20. The van der Waals surface area contributed by atoms with Crippen molar-refractivity contribution in [2.24, 2.45) is 0 Å². The van der Waals surface area contributed by atoms with Crippen LogP contribution >= 0.6 is 0 Å². The van der Waals surface area contributed by atoms with E-state index >= 15 is 0 Å². The summed E-state index contributed by atoms with van der Waals surface area (Å²) in [4.78, 5) is 16.3. The Morgan fingerprint density at radius 2 is 1.69 bits per heavy atom. The number of aromatic nitrogens is 1. The first-order valence-corrected chi connectivity index (χ1v) is 12.9. The van der Waals surface area contributed by atoms with Crippen molar-refractivity contribution < 1.29 is 36.8 Å². The van der Waals surface area contributed by atoms with Crippen LogP contribution in [0.15, 0.2) is 59.5 Å². The number of ether oxygens (including phenoxy) is 2. The smallest absolute Gasteiger partial charge is 0.478 e. The average molecular weight is 557 g/mol. The molecule has 0 spiro atoms. The molecule has 0 aliphatic carbocycles. The highest BCUT2D eigenvalue weighted by Crippen LogP contribution is 2.48. The molecule has 1 aromatic heterocycles. The maximum Gasteiger partial charge on any atom is 0.586 e. The van der Waals surface area contributed by atoms with Gasteiger partial charge in [0, 0.05) is 22.7 Å². The quantitative estimate of drug-likeness (QED) is 0.281. The Balaban J connectivity index is 1.65. The molecule has 1 aliphatic rings. The summed E-state index contributed by atoms with van der Waals surface area (Å²) in [6, 6.07) is 12.9. The van der Waals surface area contributed by atoms with Crippen LogP contribution in [0, 0.1) is 12.7 Å². The second-order valence-corrected chi connectivity index (χ2v) is 11.3. The zero-order chi connectivity index (χ0) is 28.3. The van der Waals surface area contributed by atoms with Crippen LogP contribution in [0.3, 0.4) is 0 Å². The molecule has 39 heavy (non-hydrogen) atoms. The molecule has 11 heteroatoms. The van der Waals surface area contributed by atoms with Crippen molar-refractivity contribution >= 4 is 33.5 Å². The van der Waals surface area contributed by atoms with Gasteiger partial charge in [0.1, 0.15) is 16.8 Å². The van der Waals surface area contributed by atoms with E-state index in [9.17, 15) is 27.3 Å². The number of fused-ring (bicyclic) bond motifs is 2. The summed E-state index contributed by atoms with van der Waals surface area (Å²) in [5, 5.41) is 10.1. The van der Waals surface area contributed by atoms with Crippen molar-refractivity contribution in [3.8, 4) is 22.6 Å². The number of anilines is 1. The SMILES string of the molecule is Cc1ccc2c(-c3cc4c(cc3NS(=O)c3ccc(C(C)(C)C)c(F)c3)OC(F)(F)O4)ccc(C(=O)O)c2n1. The van der Waals surface area contributed by atoms with Gasteiger partial charge < -0.3 is 19.3 Å². The van der Waals surface area contributed by atoms with Crippen LogP contribution in [0.5, 0.6) is 11.5 Å². The summed E-state index contributed by atoms with van der Waals surface area (Å²) in [6.45, 7) is 7.27. The molecule has 7 nitrogen and oxygen atoms in total. The highest BCUT2D eigenvalue weighted by atomic mass is 32.2. The lowest BCUT2D eigenvalue weighted by Crippen LogP contribution is -2.25. The molecule has 2 N–H and O–H groups in total. The number of nitrogens with zero attached hydrogens (tertiary/aromatic N) is 1. The number of aromatic carboxylic acids is 1. The molecule has 0 amide bonds. The van der Waals surface area contributed by atoms with Gasteiger partial charge in [0.15, 0.2) is 11.5 Å². The first-order valence-electron chi connectivity index (χ1n) is 11.8. The zero-order valence-electron chi connectivity index (χ0n) is 21.3. The van der Waals surface area contributed by atoms with Gasteiger partial charge in [0.05, 0.1) is 21.7 Å². The number of nitrogens with one attached hydrogen (secondary N) is 1. The van der Waals surface area contributed by atoms with E-state index in [4.69, 9.17) is 0 Å². The van der Waals surface area contributed by atoms with Gasteiger partial charge in [-0.25, -0.2) is 13.4 Å². The van der Waals surface area contributed by atoms with E-state index in [0.717, 1.165) is 6.07 Å². The number of hydrogen-bond donors (Lipinski definition) is 2. The normalized spacial score (nSPS) is 14.8. The molecule has 202 valence electrons. The first-order chi connectivity index (χ1) is 18.2. The van der Waals surface area contributed by atoms with Crippen LogP contribution in [-0.2, 0) is 16.4 Å². The van der Waals surface area contributed by atoms with Crippen LogP contribution in [0.1, 0.15) is 42.4 Å². The number of carbonyl (C=O) groups is 1. The maximum atomic E-state index is 14.8. The standard InChI is InChI=1S/C28H23F3N2O5S/c1-14-5-7-17-16(8-9-18(26(34)35)25(17)32-14)19-12-23-24(38-28(30,31)37-23)13-22(19)33-39(36)15-6-10-20(21(29)11-15)27(2,3)4/h5-13,33H,1-4H3,(H,34,35). The predicted octanol–water partition coefficient (Wildman–Crippen LogP) is 6.80. The molecule has 2 heterocycles. The minimum absolute atomic E-state index is 0.0442. The number of rotatable bonds is 5. The Hall–Kier alpha value is -4.12. The van der Waals surface area contributed by atoms with Gasteiger partial charge in [0.2, 0.25) is 0 Å². The highest BCUT2D eigenvalue weighted by Gasteiger charge is 2.44. The van der Waals surface area contributed by atoms with Crippen LogP contribution in [-0.4, -0.2) is 26.6 Å². The Bertz CT molecular complexity index is 1680. The molecule has 0 bridgehead atoms. The molecule has 3 aromatic carbocycles. The fourth-order valence-corrected chi connectivity index (χ4v) is 5.29. The number of hydrogen-bond acceptors (Lipinski definition) is 5. The maximum absolute atomic E-state index is 14.8. The van der Waals surface area contributed by atoms with Gasteiger partial charge in [-0.05, 0) is 53.8 Å². The van der Waals surface area contributed by atoms with Crippen molar-refractivity contribution in [1.82, 2.24) is 4.98 Å². The molecule has 4 aromatic rings. The van der Waals surface area contributed by atoms with E-state index in [1.807, 2.05) is 20.8 Å². The monoisotopic (exact) mass is 556 g/mol. The van der Waals surface area contributed by atoms with E-state index in [1.165, 1.54) is 30.3 Å². The number of alkyl halides is 2. The van der Waals surface area contributed by atoms with E-state index in [0.29, 0.717) is 22.2 Å².